The van der Waals surface area contributed by atoms with Crippen molar-refractivity contribution in [1.82, 2.24) is 14.9 Å². The van der Waals surface area contributed by atoms with Crippen LogP contribution in [0.15, 0.2) is 12.4 Å². The van der Waals surface area contributed by atoms with Crippen molar-refractivity contribution >= 4 is 11.9 Å². The molecule has 0 aromatic carbocycles. The average Bonchev–Trinajstić information content (AvgIpc) is 2.51. The predicted octanol–water partition coefficient (Wildman–Crippen LogP) is 0.810. The number of amides is 1. The van der Waals surface area contributed by atoms with Crippen LogP contribution in [0.5, 0.6) is 0 Å². The van der Waals surface area contributed by atoms with Gasteiger partial charge in [-0.1, -0.05) is 0 Å². The van der Waals surface area contributed by atoms with Crippen LogP contribution in [0.4, 0.5) is 0 Å². The van der Waals surface area contributed by atoms with E-state index in [9.17, 15) is 9.59 Å². The Morgan fingerprint density at radius 3 is 2.95 bits per heavy atom. The molecule has 0 bridgehead atoms. The van der Waals surface area contributed by atoms with Gasteiger partial charge in [-0.15, -0.1) is 0 Å². The normalized spacial score (nSPS) is 18.2. The minimum atomic E-state index is -0.947. The van der Waals surface area contributed by atoms with Gasteiger partial charge in [-0.2, -0.15) is 0 Å². The van der Waals surface area contributed by atoms with Gasteiger partial charge in [-0.05, 0) is 25.8 Å². The molecule has 1 saturated heterocycles. The van der Waals surface area contributed by atoms with Crippen LogP contribution in [-0.4, -0.2) is 57.7 Å². The van der Waals surface area contributed by atoms with Gasteiger partial charge in [0.2, 0.25) is 5.91 Å². The fraction of sp³-hybridized carbons (Fsp3) is 0.600. The van der Waals surface area contributed by atoms with E-state index in [0.717, 1.165) is 24.2 Å². The zero-order valence-electron chi connectivity index (χ0n) is 12.7. The van der Waals surface area contributed by atoms with Gasteiger partial charge in [0, 0.05) is 30.9 Å². The molecule has 2 heterocycles. The van der Waals surface area contributed by atoms with Crippen LogP contribution in [-0.2, 0) is 20.7 Å². The number of hydrogen-bond donors (Lipinski definition) is 1. The lowest BCUT2D eigenvalue weighted by molar-refractivity contribution is -0.144. The lowest BCUT2D eigenvalue weighted by Gasteiger charge is -2.33. The summed E-state index contributed by atoms with van der Waals surface area (Å²) in [5.74, 6) is -1.06. The molecule has 1 aliphatic heterocycles. The molecular formula is C15H21N3O4. The van der Waals surface area contributed by atoms with E-state index in [1.807, 2.05) is 13.0 Å². The minimum absolute atomic E-state index is 0.0298. The Hall–Kier alpha value is -2.02. The molecule has 1 aromatic heterocycles. The Bertz CT molecular complexity index is 535. The fourth-order valence-corrected chi connectivity index (χ4v) is 2.45. The van der Waals surface area contributed by atoms with Crippen molar-refractivity contribution in [2.75, 3.05) is 19.7 Å². The van der Waals surface area contributed by atoms with Gasteiger partial charge >= 0.3 is 5.97 Å². The molecule has 1 amide bonds. The number of aromatic nitrogens is 2. The second-order valence-electron chi connectivity index (χ2n) is 5.42. The molecule has 2 rings (SSSR count). The van der Waals surface area contributed by atoms with Gasteiger partial charge < -0.3 is 14.7 Å². The zero-order valence-corrected chi connectivity index (χ0v) is 12.7. The third-order valence-corrected chi connectivity index (χ3v) is 3.63. The summed E-state index contributed by atoms with van der Waals surface area (Å²) in [5, 5.41) is 8.64. The maximum atomic E-state index is 12.0. The number of ether oxygens (including phenoxy) is 1. The zero-order chi connectivity index (χ0) is 15.9. The molecule has 120 valence electrons. The summed E-state index contributed by atoms with van der Waals surface area (Å²) < 4.78 is 5.68. The lowest BCUT2D eigenvalue weighted by atomic mass is 10.1. The van der Waals surface area contributed by atoms with Gasteiger partial charge in [-0.25, -0.2) is 9.97 Å². The van der Waals surface area contributed by atoms with E-state index in [4.69, 9.17) is 9.84 Å². The first kappa shape index (κ1) is 16.4. The maximum Gasteiger partial charge on any atom is 0.303 e. The monoisotopic (exact) mass is 307 g/mol. The summed E-state index contributed by atoms with van der Waals surface area (Å²) in [7, 11) is 0. The summed E-state index contributed by atoms with van der Waals surface area (Å²) in [5.41, 5.74) is 1.89. The van der Waals surface area contributed by atoms with Crippen molar-refractivity contribution in [3.05, 3.63) is 23.8 Å². The third kappa shape index (κ3) is 5.07. The first-order valence-corrected chi connectivity index (χ1v) is 7.43. The van der Waals surface area contributed by atoms with Gasteiger partial charge in [0.1, 0.15) is 6.33 Å². The van der Waals surface area contributed by atoms with Crippen LogP contribution in [0.3, 0.4) is 0 Å². The van der Waals surface area contributed by atoms with Gasteiger partial charge in [0.15, 0.2) is 0 Å². The number of rotatable bonds is 6. The molecule has 1 aromatic rings. The number of aryl methyl sites for hydroxylation is 2. The van der Waals surface area contributed by atoms with E-state index in [1.165, 1.54) is 0 Å². The number of hydrogen-bond acceptors (Lipinski definition) is 5. The molecule has 0 unspecified atom stereocenters. The molecule has 0 radical (unpaired) electrons. The van der Waals surface area contributed by atoms with Crippen molar-refractivity contribution in [3.63, 3.8) is 0 Å². The molecular weight excluding hydrogens is 286 g/mol. The highest BCUT2D eigenvalue weighted by Crippen LogP contribution is 2.13. The molecule has 1 atom stereocenters. The van der Waals surface area contributed by atoms with E-state index >= 15 is 0 Å². The van der Waals surface area contributed by atoms with Crippen molar-refractivity contribution in [1.29, 1.82) is 0 Å². The Morgan fingerprint density at radius 1 is 1.41 bits per heavy atom. The molecule has 0 spiro atoms. The summed E-state index contributed by atoms with van der Waals surface area (Å²) >= 11 is 0. The van der Waals surface area contributed by atoms with E-state index in [0.29, 0.717) is 19.7 Å². The molecule has 0 saturated carbocycles. The van der Waals surface area contributed by atoms with Crippen molar-refractivity contribution < 1.29 is 19.4 Å². The maximum absolute atomic E-state index is 12.0. The molecule has 7 nitrogen and oxygen atoms in total. The Labute approximate surface area is 129 Å². The second kappa shape index (κ2) is 7.84. The average molecular weight is 307 g/mol. The third-order valence-electron chi connectivity index (χ3n) is 3.63. The molecule has 1 N–H and O–H groups in total. The van der Waals surface area contributed by atoms with Crippen molar-refractivity contribution in [2.45, 2.75) is 38.7 Å². The van der Waals surface area contributed by atoms with E-state index in [2.05, 4.69) is 9.97 Å². The van der Waals surface area contributed by atoms with Crippen LogP contribution < -0.4 is 0 Å². The number of carboxylic acid groups (broad SMARTS) is 1. The van der Waals surface area contributed by atoms with Gasteiger partial charge in [0.05, 0.1) is 19.1 Å². The first-order chi connectivity index (χ1) is 10.5. The highest BCUT2D eigenvalue weighted by molar-refractivity contribution is 5.80. The Morgan fingerprint density at radius 2 is 2.23 bits per heavy atom. The molecule has 1 fully saturated rings. The molecule has 0 aliphatic carbocycles. The first-order valence-electron chi connectivity index (χ1n) is 7.43. The lowest BCUT2D eigenvalue weighted by Crippen LogP contribution is -2.45. The number of morpholine rings is 1. The topological polar surface area (TPSA) is 92.6 Å². The minimum Gasteiger partial charge on any atom is -0.481 e. The molecule has 7 heteroatoms. The standard InChI is InChI=1S/C15H21N3O4/c1-11-8-12(17-10-16-11)2-3-13-9-18(6-7-22-13)14(19)4-5-15(20)21/h8,10,13H,2-7,9H2,1H3,(H,20,21)/t13-/m0/s1. The van der Waals surface area contributed by atoms with Crippen molar-refractivity contribution in [2.24, 2.45) is 0 Å². The summed E-state index contributed by atoms with van der Waals surface area (Å²) in [6, 6.07) is 1.94. The number of carbonyl (C=O) groups excluding carboxylic acids is 1. The smallest absolute Gasteiger partial charge is 0.303 e. The highest BCUT2D eigenvalue weighted by atomic mass is 16.5. The van der Waals surface area contributed by atoms with Gasteiger partial charge in [0.25, 0.3) is 0 Å². The van der Waals surface area contributed by atoms with E-state index in [1.54, 1.807) is 11.2 Å². The van der Waals surface area contributed by atoms with Crippen LogP contribution in [0.25, 0.3) is 0 Å². The number of carbonyl (C=O) groups is 2. The summed E-state index contributed by atoms with van der Waals surface area (Å²) in [4.78, 5) is 32.5. The SMILES string of the molecule is Cc1cc(CC[C@H]2CN(C(=O)CCC(=O)O)CCO2)ncn1. The predicted molar refractivity (Wildman–Crippen MR) is 78.3 cm³/mol. The fourth-order valence-electron chi connectivity index (χ4n) is 2.45. The highest BCUT2D eigenvalue weighted by Gasteiger charge is 2.24. The Kier molecular flexibility index (Phi) is 5.83. The van der Waals surface area contributed by atoms with Crippen LogP contribution in [0, 0.1) is 6.92 Å². The molecule has 1 aliphatic rings. The van der Waals surface area contributed by atoms with E-state index < -0.39 is 5.97 Å². The Balaban J connectivity index is 1.80. The summed E-state index contributed by atoms with van der Waals surface area (Å²) in [6.07, 6.45) is 2.99. The number of carboxylic acids is 1. The number of aliphatic carboxylic acids is 1. The van der Waals surface area contributed by atoms with Gasteiger partial charge in [-0.3, -0.25) is 9.59 Å². The van der Waals surface area contributed by atoms with Crippen LogP contribution in [0.1, 0.15) is 30.7 Å². The largest absolute Gasteiger partial charge is 0.481 e. The van der Waals surface area contributed by atoms with Crippen molar-refractivity contribution in [3.8, 4) is 0 Å². The van der Waals surface area contributed by atoms with Crippen LogP contribution >= 0.6 is 0 Å². The van der Waals surface area contributed by atoms with Crippen LogP contribution in [0.2, 0.25) is 0 Å². The van der Waals surface area contributed by atoms with E-state index in [-0.39, 0.29) is 24.9 Å². The second-order valence-corrected chi connectivity index (χ2v) is 5.42. The molecule has 22 heavy (non-hydrogen) atoms. The number of nitrogens with zero attached hydrogens (tertiary/aromatic N) is 3. The quantitative estimate of drug-likeness (QED) is 0.836. The summed E-state index contributed by atoms with van der Waals surface area (Å²) in [6.45, 7) is 3.46.